The quantitative estimate of drug-likeness (QED) is 0.739. The number of thiazole rings is 1. The third-order valence-electron chi connectivity index (χ3n) is 3.99. The summed E-state index contributed by atoms with van der Waals surface area (Å²) in [4.78, 5) is 2.43. The summed E-state index contributed by atoms with van der Waals surface area (Å²) in [7, 11) is 1.62. The van der Waals surface area contributed by atoms with Crippen LogP contribution in [0.5, 0.6) is 5.75 Å². The Kier molecular flexibility index (Phi) is 2.85. The summed E-state index contributed by atoms with van der Waals surface area (Å²) in [6.07, 6.45) is 4.77. The molecule has 0 unspecified atom stereocenters. The van der Waals surface area contributed by atoms with E-state index in [2.05, 4.69) is 14.6 Å². The van der Waals surface area contributed by atoms with E-state index in [4.69, 9.17) is 10.5 Å². The predicted molar refractivity (Wildman–Crippen MR) is 83.9 cm³/mol. The molecule has 1 aliphatic rings. The van der Waals surface area contributed by atoms with Crippen molar-refractivity contribution < 1.29 is 4.74 Å². The molecule has 2 aromatic heterocycles. The number of nitrogen functional groups attached to an aromatic ring is 1. The first kappa shape index (κ1) is 12.6. The Morgan fingerprint density at radius 2 is 2.10 bits per heavy atom. The molecule has 0 fully saturated rings. The van der Waals surface area contributed by atoms with Crippen molar-refractivity contribution >= 4 is 22.0 Å². The van der Waals surface area contributed by atoms with Gasteiger partial charge >= 0.3 is 0 Å². The minimum Gasteiger partial charge on any atom is -0.495 e. The molecule has 108 valence electrons. The van der Waals surface area contributed by atoms with Gasteiger partial charge in [0.15, 0.2) is 5.82 Å². The average Bonchev–Trinajstić information content (AvgIpc) is 3.06. The van der Waals surface area contributed by atoms with Crippen LogP contribution in [-0.2, 0) is 12.8 Å². The Balaban J connectivity index is 1.90. The topological polar surface area (TPSA) is 65.4 Å². The molecule has 0 saturated carbocycles. The molecule has 0 saturated heterocycles. The maximum absolute atomic E-state index is 6.02. The first-order chi connectivity index (χ1) is 10.3. The average molecular weight is 300 g/mol. The van der Waals surface area contributed by atoms with E-state index >= 15 is 0 Å². The summed E-state index contributed by atoms with van der Waals surface area (Å²) in [5.74, 6) is 1.56. The third kappa shape index (κ3) is 1.90. The van der Waals surface area contributed by atoms with Crippen LogP contribution < -0.4 is 10.5 Å². The van der Waals surface area contributed by atoms with Crippen LogP contribution in [0.4, 0.5) is 5.69 Å². The van der Waals surface area contributed by atoms with Gasteiger partial charge < -0.3 is 10.5 Å². The summed E-state index contributed by atoms with van der Waals surface area (Å²) in [5.41, 5.74) is 8.99. The maximum Gasteiger partial charge on any atom is 0.216 e. The SMILES string of the molecule is COc1ccc(-c2nnc3sc4c(n23)CCCC4)cc1N. The monoisotopic (exact) mass is 300 g/mol. The Morgan fingerprint density at radius 1 is 1.24 bits per heavy atom. The number of nitrogens with two attached hydrogens (primary N) is 1. The number of hydrogen-bond acceptors (Lipinski definition) is 5. The van der Waals surface area contributed by atoms with E-state index < -0.39 is 0 Å². The van der Waals surface area contributed by atoms with Crippen molar-refractivity contribution in [3.8, 4) is 17.1 Å². The zero-order valence-corrected chi connectivity index (χ0v) is 12.6. The number of methoxy groups -OCH3 is 1. The summed E-state index contributed by atoms with van der Waals surface area (Å²) >= 11 is 1.76. The van der Waals surface area contributed by atoms with Gasteiger partial charge in [-0.2, -0.15) is 0 Å². The number of rotatable bonds is 2. The van der Waals surface area contributed by atoms with Gasteiger partial charge in [0.2, 0.25) is 4.96 Å². The molecule has 5 nitrogen and oxygen atoms in total. The molecular weight excluding hydrogens is 284 g/mol. The largest absolute Gasteiger partial charge is 0.495 e. The van der Waals surface area contributed by atoms with Gasteiger partial charge in [-0.3, -0.25) is 4.40 Å². The lowest BCUT2D eigenvalue weighted by Crippen LogP contribution is -2.04. The highest BCUT2D eigenvalue weighted by molar-refractivity contribution is 7.17. The van der Waals surface area contributed by atoms with Crippen LogP contribution >= 0.6 is 11.3 Å². The van der Waals surface area contributed by atoms with Crippen LogP contribution in [0.1, 0.15) is 23.4 Å². The second-order valence-electron chi connectivity index (χ2n) is 5.28. The fourth-order valence-corrected chi connectivity index (χ4v) is 4.11. The van der Waals surface area contributed by atoms with Crippen molar-refractivity contribution in [2.24, 2.45) is 0 Å². The van der Waals surface area contributed by atoms with Crippen molar-refractivity contribution in [2.75, 3.05) is 12.8 Å². The third-order valence-corrected chi connectivity index (χ3v) is 5.13. The van der Waals surface area contributed by atoms with Gasteiger partial charge in [0.25, 0.3) is 0 Å². The molecule has 2 N–H and O–H groups in total. The molecule has 0 amide bonds. The number of fused-ring (bicyclic) bond motifs is 3. The standard InChI is InChI=1S/C15H16N4OS/c1-20-12-7-6-9(8-10(12)16)14-17-18-15-19(14)11-4-2-3-5-13(11)21-15/h6-8H,2-5,16H2,1H3. The molecule has 3 aromatic rings. The summed E-state index contributed by atoms with van der Waals surface area (Å²) < 4.78 is 7.41. The zero-order chi connectivity index (χ0) is 14.4. The first-order valence-electron chi connectivity index (χ1n) is 7.07. The van der Waals surface area contributed by atoms with Crippen molar-refractivity contribution in [2.45, 2.75) is 25.7 Å². The Bertz CT molecular complexity index is 821. The molecule has 0 bridgehead atoms. The highest BCUT2D eigenvalue weighted by Crippen LogP contribution is 2.34. The number of nitrogens with zero attached hydrogens (tertiary/aromatic N) is 3. The van der Waals surface area contributed by atoms with Gasteiger partial charge in [0.05, 0.1) is 12.8 Å². The molecule has 4 rings (SSSR count). The number of ether oxygens (including phenoxy) is 1. The molecular formula is C15H16N4OS. The Labute approximate surface area is 126 Å². The van der Waals surface area contributed by atoms with E-state index in [1.807, 2.05) is 18.2 Å². The van der Waals surface area contributed by atoms with Gasteiger partial charge in [-0.15, -0.1) is 10.2 Å². The van der Waals surface area contributed by atoms with E-state index in [-0.39, 0.29) is 0 Å². The normalized spacial score (nSPS) is 14.3. The van der Waals surface area contributed by atoms with Crippen LogP contribution in [0.25, 0.3) is 16.3 Å². The van der Waals surface area contributed by atoms with Gasteiger partial charge in [-0.05, 0) is 43.9 Å². The van der Waals surface area contributed by atoms with E-state index in [9.17, 15) is 0 Å². The molecule has 1 aromatic carbocycles. The van der Waals surface area contributed by atoms with Crippen molar-refractivity contribution in [1.82, 2.24) is 14.6 Å². The second-order valence-corrected chi connectivity index (χ2v) is 6.34. The number of benzene rings is 1. The summed E-state index contributed by atoms with van der Waals surface area (Å²) in [6.45, 7) is 0. The van der Waals surface area contributed by atoms with Gasteiger partial charge in [-0.1, -0.05) is 11.3 Å². The fraction of sp³-hybridized carbons (Fsp3) is 0.333. The number of aryl methyl sites for hydroxylation is 2. The molecule has 2 heterocycles. The van der Waals surface area contributed by atoms with Gasteiger partial charge in [0, 0.05) is 16.1 Å². The molecule has 6 heteroatoms. The van der Waals surface area contributed by atoms with E-state index in [1.54, 1.807) is 18.4 Å². The molecule has 0 atom stereocenters. The van der Waals surface area contributed by atoms with Crippen LogP contribution in [0.15, 0.2) is 18.2 Å². The van der Waals surface area contributed by atoms with Crippen LogP contribution in [0.2, 0.25) is 0 Å². The Hall–Kier alpha value is -2.08. The fourth-order valence-electron chi connectivity index (χ4n) is 2.96. The Morgan fingerprint density at radius 3 is 2.90 bits per heavy atom. The second kappa shape index (κ2) is 4.73. The minimum absolute atomic E-state index is 0.621. The van der Waals surface area contributed by atoms with Crippen molar-refractivity contribution in [3.05, 3.63) is 28.8 Å². The zero-order valence-electron chi connectivity index (χ0n) is 11.8. The van der Waals surface area contributed by atoms with Crippen LogP contribution in [0, 0.1) is 0 Å². The van der Waals surface area contributed by atoms with Crippen LogP contribution in [-0.4, -0.2) is 21.7 Å². The molecule has 1 aliphatic carbocycles. The maximum atomic E-state index is 6.02. The lowest BCUT2D eigenvalue weighted by molar-refractivity contribution is 0.417. The van der Waals surface area contributed by atoms with Crippen molar-refractivity contribution in [3.63, 3.8) is 0 Å². The molecule has 0 aliphatic heterocycles. The highest BCUT2D eigenvalue weighted by atomic mass is 32.1. The lowest BCUT2D eigenvalue weighted by Gasteiger charge is -2.11. The molecule has 21 heavy (non-hydrogen) atoms. The number of aromatic nitrogens is 3. The highest BCUT2D eigenvalue weighted by Gasteiger charge is 2.21. The summed E-state index contributed by atoms with van der Waals surface area (Å²) in [6, 6.07) is 5.77. The van der Waals surface area contributed by atoms with E-state index in [0.717, 1.165) is 29.2 Å². The smallest absolute Gasteiger partial charge is 0.216 e. The van der Waals surface area contributed by atoms with E-state index in [0.29, 0.717) is 11.4 Å². The molecule has 0 spiro atoms. The lowest BCUT2D eigenvalue weighted by atomic mass is 10.0. The predicted octanol–water partition coefficient (Wildman–Crippen LogP) is 2.93. The molecule has 0 radical (unpaired) electrons. The van der Waals surface area contributed by atoms with E-state index in [1.165, 1.54) is 23.4 Å². The number of hydrogen-bond donors (Lipinski definition) is 1. The summed E-state index contributed by atoms with van der Waals surface area (Å²) in [5, 5.41) is 8.69. The number of anilines is 1. The van der Waals surface area contributed by atoms with Gasteiger partial charge in [0.1, 0.15) is 5.75 Å². The first-order valence-corrected chi connectivity index (χ1v) is 7.89. The van der Waals surface area contributed by atoms with Crippen LogP contribution in [0.3, 0.4) is 0 Å². The van der Waals surface area contributed by atoms with Gasteiger partial charge in [-0.25, -0.2) is 0 Å². The minimum atomic E-state index is 0.621. The van der Waals surface area contributed by atoms with Crippen molar-refractivity contribution in [1.29, 1.82) is 0 Å².